The first-order chi connectivity index (χ1) is 8.68. The van der Waals surface area contributed by atoms with Crippen LogP contribution in [0.4, 0.5) is 0 Å². The second kappa shape index (κ2) is 5.90. The van der Waals surface area contributed by atoms with E-state index in [9.17, 15) is 0 Å². The Morgan fingerprint density at radius 3 is 2.17 bits per heavy atom. The van der Waals surface area contributed by atoms with Crippen LogP contribution in [0.3, 0.4) is 0 Å². The van der Waals surface area contributed by atoms with Gasteiger partial charge in [-0.15, -0.1) is 0 Å². The average molecular weight is 246 g/mol. The van der Waals surface area contributed by atoms with Crippen LogP contribution in [0.1, 0.15) is 57.4 Å². The van der Waals surface area contributed by atoms with Crippen molar-refractivity contribution in [3.8, 4) is 0 Å². The first-order valence-corrected chi connectivity index (χ1v) is 7.14. The molecule has 18 heavy (non-hydrogen) atoms. The van der Waals surface area contributed by atoms with Crippen molar-refractivity contribution in [2.75, 3.05) is 0 Å². The average Bonchev–Trinajstić information content (AvgIpc) is 2.40. The van der Waals surface area contributed by atoms with Gasteiger partial charge in [-0.3, -0.25) is 0 Å². The van der Waals surface area contributed by atoms with Gasteiger partial charge in [-0.2, -0.15) is 0 Å². The highest BCUT2D eigenvalue weighted by atomic mass is 16.4. The summed E-state index contributed by atoms with van der Waals surface area (Å²) in [7, 11) is -1.35. The van der Waals surface area contributed by atoms with E-state index in [2.05, 4.69) is 19.1 Å². The molecule has 0 bridgehead atoms. The van der Waals surface area contributed by atoms with Gasteiger partial charge < -0.3 is 10.0 Å². The van der Waals surface area contributed by atoms with Crippen molar-refractivity contribution in [3.63, 3.8) is 0 Å². The Balaban J connectivity index is 2.24. The zero-order chi connectivity index (χ0) is 13.0. The van der Waals surface area contributed by atoms with Crippen molar-refractivity contribution < 1.29 is 10.0 Å². The molecule has 3 heteroatoms. The lowest BCUT2D eigenvalue weighted by atomic mass is 9.66. The Hall–Kier alpha value is -0.795. The molecule has 0 atom stereocenters. The van der Waals surface area contributed by atoms with E-state index in [1.807, 2.05) is 12.1 Å². The van der Waals surface area contributed by atoms with E-state index in [1.54, 1.807) is 0 Å². The van der Waals surface area contributed by atoms with E-state index < -0.39 is 7.12 Å². The van der Waals surface area contributed by atoms with Crippen LogP contribution in [-0.2, 0) is 5.41 Å². The normalized spacial score (nSPS) is 18.6. The van der Waals surface area contributed by atoms with Crippen LogP contribution in [0, 0.1) is 0 Å². The summed E-state index contributed by atoms with van der Waals surface area (Å²) >= 11 is 0. The van der Waals surface area contributed by atoms with Crippen LogP contribution in [0.5, 0.6) is 0 Å². The molecule has 0 radical (unpaired) electrons. The van der Waals surface area contributed by atoms with Gasteiger partial charge in [0.2, 0.25) is 0 Å². The molecule has 1 aliphatic rings. The molecule has 2 nitrogen and oxygen atoms in total. The molecule has 1 saturated carbocycles. The number of benzene rings is 1. The first-order valence-electron chi connectivity index (χ1n) is 7.14. The highest BCUT2D eigenvalue weighted by molar-refractivity contribution is 6.58. The van der Waals surface area contributed by atoms with Gasteiger partial charge in [0.25, 0.3) is 0 Å². The predicted octanol–water partition coefficient (Wildman–Crippen LogP) is 2.37. The molecule has 1 aliphatic carbocycles. The topological polar surface area (TPSA) is 40.5 Å². The molecule has 0 heterocycles. The first kappa shape index (κ1) is 13.6. The van der Waals surface area contributed by atoms with Gasteiger partial charge in [0, 0.05) is 0 Å². The van der Waals surface area contributed by atoms with E-state index >= 15 is 0 Å². The molecule has 0 spiro atoms. The van der Waals surface area contributed by atoms with Crippen LogP contribution >= 0.6 is 0 Å². The lowest BCUT2D eigenvalue weighted by molar-refractivity contribution is 0.271. The van der Waals surface area contributed by atoms with E-state index in [0.29, 0.717) is 10.9 Å². The second-order valence-electron chi connectivity index (χ2n) is 5.59. The van der Waals surface area contributed by atoms with Gasteiger partial charge in [0.15, 0.2) is 0 Å². The maximum atomic E-state index is 9.15. The van der Waals surface area contributed by atoms with Crippen molar-refractivity contribution >= 4 is 12.6 Å². The molecule has 0 unspecified atom stereocenters. The predicted molar refractivity (Wildman–Crippen MR) is 75.9 cm³/mol. The number of hydrogen-bond acceptors (Lipinski definition) is 2. The van der Waals surface area contributed by atoms with Crippen molar-refractivity contribution in [3.05, 3.63) is 29.8 Å². The van der Waals surface area contributed by atoms with Gasteiger partial charge >= 0.3 is 7.12 Å². The minimum atomic E-state index is -1.35. The zero-order valence-electron chi connectivity index (χ0n) is 11.2. The van der Waals surface area contributed by atoms with Crippen molar-refractivity contribution in [1.82, 2.24) is 0 Å². The zero-order valence-corrected chi connectivity index (χ0v) is 11.2. The molecule has 0 aromatic heterocycles. The Labute approximate surface area is 110 Å². The third-order valence-corrected chi connectivity index (χ3v) is 4.36. The standard InChI is InChI=1S/C15H23BO2/c1-2-10-15(11-4-3-5-12-15)13-6-8-14(9-7-13)16(17)18/h6-9,17-18H,2-5,10-12H2,1H3. The molecular weight excluding hydrogens is 223 g/mol. The Kier molecular flexibility index (Phi) is 4.47. The van der Waals surface area contributed by atoms with Gasteiger partial charge in [-0.1, -0.05) is 56.9 Å². The smallest absolute Gasteiger partial charge is 0.423 e. The summed E-state index contributed by atoms with van der Waals surface area (Å²) in [6.45, 7) is 2.25. The van der Waals surface area contributed by atoms with E-state index in [0.717, 1.165) is 0 Å². The second-order valence-corrected chi connectivity index (χ2v) is 5.59. The van der Waals surface area contributed by atoms with E-state index in [1.165, 1.54) is 50.5 Å². The minimum absolute atomic E-state index is 0.339. The SMILES string of the molecule is CCCC1(c2ccc(B(O)O)cc2)CCCCC1. The van der Waals surface area contributed by atoms with Crippen molar-refractivity contribution in [1.29, 1.82) is 0 Å². The lowest BCUT2D eigenvalue weighted by Crippen LogP contribution is -2.32. The molecule has 0 amide bonds. The highest BCUT2D eigenvalue weighted by Crippen LogP contribution is 2.42. The van der Waals surface area contributed by atoms with Crippen LogP contribution in [0.2, 0.25) is 0 Å². The maximum absolute atomic E-state index is 9.15. The van der Waals surface area contributed by atoms with E-state index in [4.69, 9.17) is 10.0 Å². The molecular formula is C15H23BO2. The summed E-state index contributed by atoms with van der Waals surface area (Å²) in [6, 6.07) is 7.89. The van der Waals surface area contributed by atoms with Crippen molar-refractivity contribution in [2.24, 2.45) is 0 Å². The monoisotopic (exact) mass is 246 g/mol. The van der Waals surface area contributed by atoms with E-state index in [-0.39, 0.29) is 0 Å². The Bertz CT molecular complexity index is 361. The molecule has 0 aliphatic heterocycles. The fourth-order valence-electron chi connectivity index (χ4n) is 3.40. The van der Waals surface area contributed by atoms with Crippen LogP contribution in [-0.4, -0.2) is 17.2 Å². The Morgan fingerprint density at radius 1 is 1.06 bits per heavy atom. The van der Waals surface area contributed by atoms with Crippen LogP contribution < -0.4 is 5.46 Å². The number of rotatable bonds is 4. The largest absolute Gasteiger partial charge is 0.488 e. The third-order valence-electron chi connectivity index (χ3n) is 4.36. The summed E-state index contributed by atoms with van der Waals surface area (Å²) < 4.78 is 0. The summed E-state index contributed by atoms with van der Waals surface area (Å²) in [5, 5.41) is 18.3. The van der Waals surface area contributed by atoms with Gasteiger partial charge in [0.05, 0.1) is 0 Å². The number of hydrogen-bond donors (Lipinski definition) is 2. The molecule has 98 valence electrons. The van der Waals surface area contributed by atoms with Crippen LogP contribution in [0.25, 0.3) is 0 Å². The van der Waals surface area contributed by atoms with Gasteiger partial charge in [-0.05, 0) is 35.7 Å². The summed E-state index contributed by atoms with van der Waals surface area (Å²) in [5.41, 5.74) is 2.31. The molecule has 1 aromatic carbocycles. The summed E-state index contributed by atoms with van der Waals surface area (Å²) in [6.07, 6.45) is 9.02. The summed E-state index contributed by atoms with van der Waals surface area (Å²) in [5.74, 6) is 0. The minimum Gasteiger partial charge on any atom is -0.423 e. The van der Waals surface area contributed by atoms with Gasteiger partial charge in [0.1, 0.15) is 0 Å². The highest BCUT2D eigenvalue weighted by Gasteiger charge is 2.32. The molecule has 2 rings (SSSR count). The molecule has 1 fully saturated rings. The molecule has 2 N–H and O–H groups in total. The molecule has 1 aromatic rings. The fraction of sp³-hybridized carbons (Fsp3) is 0.600. The van der Waals surface area contributed by atoms with Gasteiger partial charge in [-0.25, -0.2) is 0 Å². The Morgan fingerprint density at radius 2 is 1.67 bits per heavy atom. The lowest BCUT2D eigenvalue weighted by Gasteiger charge is -2.38. The molecule has 0 saturated heterocycles. The van der Waals surface area contributed by atoms with Crippen LogP contribution in [0.15, 0.2) is 24.3 Å². The summed E-state index contributed by atoms with van der Waals surface area (Å²) in [4.78, 5) is 0. The van der Waals surface area contributed by atoms with Crippen molar-refractivity contribution in [2.45, 2.75) is 57.3 Å². The third kappa shape index (κ3) is 2.78. The maximum Gasteiger partial charge on any atom is 0.488 e. The fourth-order valence-corrected chi connectivity index (χ4v) is 3.40. The quantitative estimate of drug-likeness (QED) is 0.801.